The Morgan fingerprint density at radius 3 is 2.48 bits per heavy atom. The molecule has 0 spiro atoms. The fourth-order valence-corrected chi connectivity index (χ4v) is 2.46. The number of amides is 1. The van der Waals surface area contributed by atoms with Crippen LogP contribution in [0.15, 0.2) is 59.7 Å². The first kappa shape index (κ1) is 16.6. The predicted molar refractivity (Wildman–Crippen MR) is 95.1 cm³/mol. The zero-order chi connectivity index (χ0) is 17.8. The lowest BCUT2D eigenvalue weighted by Gasteiger charge is -2.14. The third-order valence-electron chi connectivity index (χ3n) is 3.95. The van der Waals surface area contributed by atoms with Crippen LogP contribution in [0.1, 0.15) is 34.5 Å². The van der Waals surface area contributed by atoms with Crippen molar-refractivity contribution in [2.45, 2.75) is 19.9 Å². The quantitative estimate of drug-likeness (QED) is 0.768. The molecule has 0 radical (unpaired) electrons. The summed E-state index contributed by atoms with van der Waals surface area (Å²) >= 11 is 0. The smallest absolute Gasteiger partial charge is 0.277 e. The fourth-order valence-electron chi connectivity index (χ4n) is 2.46. The molecule has 25 heavy (non-hydrogen) atoms. The SMILES string of the molecule is Cc1ccc([C@@H](C)NC(=O)c2cc(-c3ccncc3)n[nH]c2=O)cc1. The number of aromatic amines is 1. The molecule has 1 amide bonds. The summed E-state index contributed by atoms with van der Waals surface area (Å²) in [6.45, 7) is 3.88. The number of benzene rings is 1. The summed E-state index contributed by atoms with van der Waals surface area (Å²) in [5.74, 6) is -0.438. The molecule has 0 fully saturated rings. The van der Waals surface area contributed by atoms with E-state index in [0.717, 1.165) is 16.7 Å². The van der Waals surface area contributed by atoms with Crippen molar-refractivity contribution in [3.05, 3.63) is 81.9 Å². The van der Waals surface area contributed by atoms with E-state index in [4.69, 9.17) is 0 Å². The maximum absolute atomic E-state index is 12.5. The summed E-state index contributed by atoms with van der Waals surface area (Å²) in [6, 6.07) is 12.7. The van der Waals surface area contributed by atoms with Crippen molar-refractivity contribution in [2.75, 3.05) is 0 Å². The van der Waals surface area contributed by atoms with E-state index >= 15 is 0 Å². The van der Waals surface area contributed by atoms with E-state index in [2.05, 4.69) is 20.5 Å². The van der Waals surface area contributed by atoms with Crippen LogP contribution in [0.2, 0.25) is 0 Å². The number of rotatable bonds is 4. The van der Waals surface area contributed by atoms with Gasteiger partial charge in [-0.25, -0.2) is 5.10 Å². The van der Waals surface area contributed by atoms with Crippen molar-refractivity contribution in [3.63, 3.8) is 0 Å². The number of nitrogens with one attached hydrogen (secondary N) is 2. The van der Waals surface area contributed by atoms with Crippen LogP contribution >= 0.6 is 0 Å². The molecule has 3 rings (SSSR count). The summed E-state index contributed by atoms with van der Waals surface area (Å²) < 4.78 is 0. The van der Waals surface area contributed by atoms with Crippen molar-refractivity contribution in [2.24, 2.45) is 0 Å². The van der Waals surface area contributed by atoms with E-state index in [-0.39, 0.29) is 11.6 Å². The molecule has 0 aliphatic heterocycles. The number of carbonyl (C=O) groups excluding carboxylic acids is 1. The van der Waals surface area contributed by atoms with Gasteiger partial charge in [0.05, 0.1) is 11.7 Å². The maximum Gasteiger partial charge on any atom is 0.277 e. The lowest BCUT2D eigenvalue weighted by atomic mass is 10.1. The first-order valence-corrected chi connectivity index (χ1v) is 7.92. The lowest BCUT2D eigenvalue weighted by molar-refractivity contribution is 0.0938. The number of hydrogen-bond acceptors (Lipinski definition) is 4. The van der Waals surface area contributed by atoms with E-state index in [1.165, 1.54) is 6.07 Å². The van der Waals surface area contributed by atoms with Crippen LogP contribution < -0.4 is 10.9 Å². The van der Waals surface area contributed by atoms with Gasteiger partial charge in [0.15, 0.2) is 0 Å². The van der Waals surface area contributed by atoms with Gasteiger partial charge >= 0.3 is 0 Å². The van der Waals surface area contributed by atoms with Crippen LogP contribution in [0.3, 0.4) is 0 Å². The van der Waals surface area contributed by atoms with Crippen LogP contribution in [0.4, 0.5) is 0 Å². The predicted octanol–water partition coefficient (Wildman–Crippen LogP) is 2.63. The number of aryl methyl sites for hydroxylation is 1. The highest BCUT2D eigenvalue weighted by Gasteiger charge is 2.16. The van der Waals surface area contributed by atoms with Crippen molar-refractivity contribution >= 4 is 5.91 Å². The number of carbonyl (C=O) groups is 1. The third kappa shape index (κ3) is 3.80. The Hall–Kier alpha value is -3.28. The second-order valence-corrected chi connectivity index (χ2v) is 5.84. The van der Waals surface area contributed by atoms with Gasteiger partial charge in [-0.1, -0.05) is 29.8 Å². The minimum Gasteiger partial charge on any atom is -0.345 e. The molecule has 0 bridgehead atoms. The summed E-state index contributed by atoms with van der Waals surface area (Å²) in [5.41, 5.74) is 2.91. The van der Waals surface area contributed by atoms with Gasteiger partial charge < -0.3 is 5.32 Å². The van der Waals surface area contributed by atoms with Gasteiger partial charge in [0.1, 0.15) is 5.56 Å². The monoisotopic (exact) mass is 334 g/mol. The van der Waals surface area contributed by atoms with Gasteiger partial charge in [-0.2, -0.15) is 5.10 Å². The van der Waals surface area contributed by atoms with Crippen molar-refractivity contribution in [1.29, 1.82) is 0 Å². The fraction of sp³-hybridized carbons (Fsp3) is 0.158. The first-order chi connectivity index (χ1) is 12.0. The maximum atomic E-state index is 12.5. The van der Waals surface area contributed by atoms with E-state index < -0.39 is 11.5 Å². The minimum atomic E-state index is -0.522. The molecular weight excluding hydrogens is 316 g/mol. The Morgan fingerprint density at radius 1 is 1.12 bits per heavy atom. The summed E-state index contributed by atoms with van der Waals surface area (Å²) in [4.78, 5) is 28.5. The zero-order valence-corrected chi connectivity index (χ0v) is 14.0. The van der Waals surface area contributed by atoms with Crippen LogP contribution in [-0.2, 0) is 0 Å². The van der Waals surface area contributed by atoms with Gasteiger partial charge in [0.25, 0.3) is 11.5 Å². The van der Waals surface area contributed by atoms with E-state index in [1.807, 2.05) is 38.1 Å². The molecule has 3 aromatic rings. The highest BCUT2D eigenvalue weighted by atomic mass is 16.2. The Labute approximate surface area is 145 Å². The second kappa shape index (κ2) is 7.09. The molecule has 0 aliphatic rings. The normalized spacial score (nSPS) is 11.8. The van der Waals surface area contributed by atoms with Gasteiger partial charge in [-0.3, -0.25) is 14.6 Å². The van der Waals surface area contributed by atoms with Gasteiger partial charge in [0.2, 0.25) is 0 Å². The highest BCUT2D eigenvalue weighted by Crippen LogP contribution is 2.16. The third-order valence-corrected chi connectivity index (χ3v) is 3.95. The van der Waals surface area contributed by atoms with E-state index in [0.29, 0.717) is 5.69 Å². The Bertz CT molecular complexity index is 934. The topological polar surface area (TPSA) is 87.7 Å². The van der Waals surface area contributed by atoms with Crippen LogP contribution in [0.5, 0.6) is 0 Å². The number of pyridine rings is 1. The lowest BCUT2D eigenvalue weighted by Crippen LogP contribution is -2.32. The molecule has 0 saturated heterocycles. The molecule has 2 heterocycles. The number of H-pyrrole nitrogens is 1. The number of hydrogen-bond donors (Lipinski definition) is 2. The first-order valence-electron chi connectivity index (χ1n) is 7.92. The summed E-state index contributed by atoms with van der Waals surface area (Å²) in [6.07, 6.45) is 3.25. The van der Waals surface area contributed by atoms with Crippen molar-refractivity contribution in [1.82, 2.24) is 20.5 Å². The van der Waals surface area contributed by atoms with Crippen molar-refractivity contribution in [3.8, 4) is 11.3 Å². The van der Waals surface area contributed by atoms with E-state index in [1.54, 1.807) is 24.5 Å². The van der Waals surface area contributed by atoms with Gasteiger partial charge in [-0.15, -0.1) is 0 Å². The Kier molecular flexibility index (Phi) is 4.70. The average Bonchev–Trinajstić information content (AvgIpc) is 2.63. The number of aromatic nitrogens is 3. The summed E-state index contributed by atoms with van der Waals surface area (Å²) in [7, 11) is 0. The van der Waals surface area contributed by atoms with Gasteiger partial charge in [-0.05, 0) is 37.6 Å². The molecule has 0 unspecified atom stereocenters. The molecule has 0 aliphatic carbocycles. The average molecular weight is 334 g/mol. The Balaban J connectivity index is 1.84. The van der Waals surface area contributed by atoms with Crippen LogP contribution in [0, 0.1) is 6.92 Å². The van der Waals surface area contributed by atoms with E-state index in [9.17, 15) is 9.59 Å². The standard InChI is InChI=1S/C19H18N4O2/c1-12-3-5-14(6-4-12)13(2)21-18(24)16-11-17(22-23-19(16)25)15-7-9-20-10-8-15/h3-11,13H,1-2H3,(H,21,24)(H,23,25)/t13-/m1/s1. The molecule has 2 N–H and O–H groups in total. The van der Waals surface area contributed by atoms with Crippen LogP contribution in [-0.4, -0.2) is 21.1 Å². The number of nitrogens with zero attached hydrogens (tertiary/aromatic N) is 2. The Morgan fingerprint density at radius 2 is 1.80 bits per heavy atom. The summed E-state index contributed by atoms with van der Waals surface area (Å²) in [5, 5.41) is 9.23. The molecular formula is C19H18N4O2. The largest absolute Gasteiger partial charge is 0.345 e. The molecule has 6 nitrogen and oxygen atoms in total. The molecule has 126 valence electrons. The molecule has 1 atom stereocenters. The molecule has 0 saturated carbocycles. The molecule has 6 heteroatoms. The zero-order valence-electron chi connectivity index (χ0n) is 14.0. The molecule has 1 aromatic carbocycles. The highest BCUT2D eigenvalue weighted by molar-refractivity contribution is 5.94. The van der Waals surface area contributed by atoms with Crippen molar-refractivity contribution < 1.29 is 4.79 Å². The minimum absolute atomic E-state index is 0.0285. The molecule has 2 aromatic heterocycles. The second-order valence-electron chi connectivity index (χ2n) is 5.84. The van der Waals surface area contributed by atoms with Gasteiger partial charge in [0, 0.05) is 18.0 Å². The van der Waals surface area contributed by atoms with Crippen LogP contribution in [0.25, 0.3) is 11.3 Å².